The average molecular weight is 315 g/mol. The molecule has 0 bridgehead atoms. The molecular formula is C9H5BrClN5O. The van der Waals surface area contributed by atoms with Gasteiger partial charge in [-0.1, -0.05) is 16.8 Å². The zero-order chi connectivity index (χ0) is 12.0. The van der Waals surface area contributed by atoms with E-state index in [0.717, 1.165) is 0 Å². The lowest BCUT2D eigenvalue weighted by atomic mass is 10.4. The minimum Gasteiger partial charge on any atom is -0.361 e. The lowest BCUT2D eigenvalue weighted by molar-refractivity contribution is 0.399. The molecule has 3 heterocycles. The monoisotopic (exact) mass is 313 g/mol. The van der Waals surface area contributed by atoms with Gasteiger partial charge in [-0.2, -0.15) is 9.61 Å². The van der Waals surface area contributed by atoms with Crippen LogP contribution in [-0.2, 0) is 0 Å². The molecule has 0 aliphatic rings. The van der Waals surface area contributed by atoms with Gasteiger partial charge in [-0.3, -0.25) is 0 Å². The molecule has 0 N–H and O–H groups in total. The van der Waals surface area contributed by atoms with E-state index in [-0.39, 0.29) is 0 Å². The second kappa shape index (κ2) is 3.78. The molecule has 0 aliphatic carbocycles. The molecule has 0 fully saturated rings. The summed E-state index contributed by atoms with van der Waals surface area (Å²) in [7, 11) is 0. The molecule has 0 saturated carbocycles. The van der Waals surface area contributed by atoms with Crippen LogP contribution in [0.1, 0.15) is 5.76 Å². The Balaban J connectivity index is 2.27. The van der Waals surface area contributed by atoms with Crippen molar-refractivity contribution >= 4 is 33.2 Å². The van der Waals surface area contributed by atoms with Crippen LogP contribution in [0, 0.1) is 6.92 Å². The Labute approximate surface area is 109 Å². The van der Waals surface area contributed by atoms with E-state index in [1.807, 2.05) is 0 Å². The van der Waals surface area contributed by atoms with Gasteiger partial charge in [0.2, 0.25) is 5.82 Å². The first kappa shape index (κ1) is 10.7. The topological polar surface area (TPSA) is 69.1 Å². The third kappa shape index (κ3) is 1.71. The highest BCUT2D eigenvalue weighted by Crippen LogP contribution is 2.23. The summed E-state index contributed by atoms with van der Waals surface area (Å²) in [6.07, 6.45) is 0. The standard InChI is InChI=1S/C9H5BrClN5O/c1-4-2-6(15-17-4)9-13-12-7-3-5(10)8(11)14-16(7)9/h2-3H,1H3. The zero-order valence-electron chi connectivity index (χ0n) is 8.55. The summed E-state index contributed by atoms with van der Waals surface area (Å²) in [5.74, 6) is 1.19. The minimum atomic E-state index is 0.332. The minimum absolute atomic E-state index is 0.332. The number of nitrogens with zero attached hydrogens (tertiary/aromatic N) is 5. The van der Waals surface area contributed by atoms with Gasteiger partial charge in [-0.25, -0.2) is 0 Å². The highest BCUT2D eigenvalue weighted by Gasteiger charge is 2.14. The summed E-state index contributed by atoms with van der Waals surface area (Å²) in [6.45, 7) is 1.80. The molecule has 8 heteroatoms. The van der Waals surface area contributed by atoms with E-state index < -0.39 is 0 Å². The molecule has 0 atom stereocenters. The first-order valence-corrected chi connectivity index (χ1v) is 5.83. The lowest BCUT2D eigenvalue weighted by Gasteiger charge is -1.97. The fourth-order valence-electron chi connectivity index (χ4n) is 1.42. The summed E-state index contributed by atoms with van der Waals surface area (Å²) >= 11 is 9.21. The van der Waals surface area contributed by atoms with Gasteiger partial charge in [-0.15, -0.1) is 10.2 Å². The number of aryl methyl sites for hydroxylation is 1. The summed E-state index contributed by atoms with van der Waals surface area (Å²) in [5, 5.41) is 16.3. The molecular weight excluding hydrogens is 309 g/mol. The van der Waals surface area contributed by atoms with Crippen LogP contribution < -0.4 is 0 Å². The maximum Gasteiger partial charge on any atom is 0.207 e. The summed E-state index contributed by atoms with van der Waals surface area (Å²) < 4.78 is 7.18. The second-order valence-electron chi connectivity index (χ2n) is 3.40. The van der Waals surface area contributed by atoms with Crippen molar-refractivity contribution in [2.24, 2.45) is 0 Å². The van der Waals surface area contributed by atoms with Crippen molar-refractivity contribution in [2.75, 3.05) is 0 Å². The molecule has 3 rings (SSSR count). The summed E-state index contributed by atoms with van der Waals surface area (Å²) in [4.78, 5) is 0. The Kier molecular flexibility index (Phi) is 2.37. The normalized spacial score (nSPS) is 11.2. The number of hydrogen-bond donors (Lipinski definition) is 0. The fourth-order valence-corrected chi connectivity index (χ4v) is 1.83. The third-order valence-electron chi connectivity index (χ3n) is 2.16. The number of aromatic nitrogens is 5. The molecule has 0 aliphatic heterocycles. The molecule has 0 saturated heterocycles. The van der Waals surface area contributed by atoms with Crippen molar-refractivity contribution in [3.05, 3.63) is 27.5 Å². The van der Waals surface area contributed by atoms with E-state index >= 15 is 0 Å². The number of halogens is 2. The lowest BCUT2D eigenvalue weighted by Crippen LogP contribution is -1.95. The van der Waals surface area contributed by atoms with E-state index in [0.29, 0.717) is 32.6 Å². The van der Waals surface area contributed by atoms with Crippen molar-refractivity contribution < 1.29 is 4.52 Å². The van der Waals surface area contributed by atoms with Crippen LogP contribution in [0.3, 0.4) is 0 Å². The molecule has 6 nitrogen and oxygen atoms in total. The SMILES string of the molecule is Cc1cc(-c2nnc3cc(Br)c(Cl)nn23)no1. The van der Waals surface area contributed by atoms with Crippen LogP contribution in [0.2, 0.25) is 5.15 Å². The van der Waals surface area contributed by atoms with Gasteiger partial charge < -0.3 is 4.52 Å². The van der Waals surface area contributed by atoms with Gasteiger partial charge in [0.05, 0.1) is 4.47 Å². The number of rotatable bonds is 1. The summed E-state index contributed by atoms with van der Waals surface area (Å²) in [5.41, 5.74) is 1.15. The van der Waals surface area contributed by atoms with Crippen molar-refractivity contribution in [2.45, 2.75) is 6.92 Å². The van der Waals surface area contributed by atoms with Crippen molar-refractivity contribution in [1.82, 2.24) is 25.0 Å². The average Bonchev–Trinajstić information content (AvgIpc) is 2.86. The highest BCUT2D eigenvalue weighted by molar-refractivity contribution is 9.10. The smallest absolute Gasteiger partial charge is 0.207 e. The zero-order valence-corrected chi connectivity index (χ0v) is 10.9. The van der Waals surface area contributed by atoms with Crippen LogP contribution in [-0.4, -0.2) is 25.0 Å². The van der Waals surface area contributed by atoms with E-state index in [1.165, 1.54) is 4.52 Å². The van der Waals surface area contributed by atoms with Gasteiger partial charge in [0.1, 0.15) is 5.76 Å². The molecule has 3 aromatic heterocycles. The molecule has 0 unspecified atom stereocenters. The fraction of sp³-hybridized carbons (Fsp3) is 0.111. The maximum atomic E-state index is 5.93. The van der Waals surface area contributed by atoms with Crippen LogP contribution in [0.4, 0.5) is 0 Å². The van der Waals surface area contributed by atoms with Gasteiger partial charge in [-0.05, 0) is 22.9 Å². The number of hydrogen-bond acceptors (Lipinski definition) is 5. The molecule has 0 aromatic carbocycles. The molecule has 86 valence electrons. The molecule has 0 amide bonds. The van der Waals surface area contributed by atoms with Gasteiger partial charge in [0, 0.05) is 12.1 Å². The van der Waals surface area contributed by atoms with Crippen LogP contribution in [0.5, 0.6) is 0 Å². The quantitative estimate of drug-likeness (QED) is 0.690. The summed E-state index contributed by atoms with van der Waals surface area (Å²) in [6, 6.07) is 3.49. The maximum absolute atomic E-state index is 5.93. The van der Waals surface area contributed by atoms with E-state index in [9.17, 15) is 0 Å². The first-order chi connectivity index (χ1) is 8.15. The number of fused-ring (bicyclic) bond motifs is 1. The third-order valence-corrected chi connectivity index (χ3v) is 3.27. The van der Waals surface area contributed by atoms with Gasteiger partial charge in [0.15, 0.2) is 16.5 Å². The van der Waals surface area contributed by atoms with Crippen LogP contribution >= 0.6 is 27.5 Å². The van der Waals surface area contributed by atoms with Gasteiger partial charge in [0.25, 0.3) is 0 Å². The molecule has 17 heavy (non-hydrogen) atoms. The predicted octanol–water partition coefficient (Wildman–Crippen LogP) is 2.50. The van der Waals surface area contributed by atoms with Gasteiger partial charge >= 0.3 is 0 Å². The molecule has 0 radical (unpaired) electrons. The first-order valence-electron chi connectivity index (χ1n) is 4.66. The molecule has 0 spiro atoms. The highest BCUT2D eigenvalue weighted by atomic mass is 79.9. The van der Waals surface area contributed by atoms with Crippen LogP contribution in [0.15, 0.2) is 21.1 Å². The van der Waals surface area contributed by atoms with Crippen molar-refractivity contribution in [3.8, 4) is 11.5 Å². The van der Waals surface area contributed by atoms with E-state index in [4.69, 9.17) is 16.1 Å². The Bertz CT molecular complexity index is 707. The molecule has 3 aromatic rings. The van der Waals surface area contributed by atoms with E-state index in [2.05, 4.69) is 36.4 Å². The Morgan fingerprint density at radius 1 is 1.35 bits per heavy atom. The van der Waals surface area contributed by atoms with Crippen molar-refractivity contribution in [1.29, 1.82) is 0 Å². The van der Waals surface area contributed by atoms with E-state index in [1.54, 1.807) is 19.1 Å². The van der Waals surface area contributed by atoms with Crippen molar-refractivity contribution in [3.63, 3.8) is 0 Å². The second-order valence-corrected chi connectivity index (χ2v) is 4.61. The van der Waals surface area contributed by atoms with Crippen LogP contribution in [0.25, 0.3) is 17.2 Å². The Morgan fingerprint density at radius 3 is 2.88 bits per heavy atom. The largest absolute Gasteiger partial charge is 0.361 e. The Morgan fingerprint density at radius 2 is 2.18 bits per heavy atom. The Hall–Kier alpha value is -1.47. The predicted molar refractivity (Wildman–Crippen MR) is 63.7 cm³/mol.